The van der Waals surface area contributed by atoms with Gasteiger partial charge in [0.1, 0.15) is 12.3 Å². The quantitative estimate of drug-likeness (QED) is 0.459. The van der Waals surface area contributed by atoms with Gasteiger partial charge in [0.15, 0.2) is 5.78 Å². The number of carbonyl (C=O) groups excluding carboxylic acids is 2. The lowest BCUT2D eigenvalue weighted by atomic mass is 10.1. The zero-order chi connectivity index (χ0) is 20.5. The van der Waals surface area contributed by atoms with E-state index in [2.05, 4.69) is 25.9 Å². The fourth-order valence-electron chi connectivity index (χ4n) is 3.40. The summed E-state index contributed by atoms with van der Waals surface area (Å²) in [6.45, 7) is 0.111. The summed E-state index contributed by atoms with van der Waals surface area (Å²) < 4.78 is 7.23. The van der Waals surface area contributed by atoms with Crippen LogP contribution in [0, 0.1) is 5.92 Å². The van der Waals surface area contributed by atoms with Crippen molar-refractivity contribution in [3.8, 4) is 11.8 Å². The van der Waals surface area contributed by atoms with Crippen molar-refractivity contribution in [2.24, 2.45) is 5.92 Å². The van der Waals surface area contributed by atoms with Crippen LogP contribution in [0.25, 0.3) is 10.9 Å². The molecule has 9 heteroatoms. The van der Waals surface area contributed by atoms with Gasteiger partial charge in [0, 0.05) is 34.3 Å². The number of ether oxygens (including phenoxy) is 1. The van der Waals surface area contributed by atoms with Crippen molar-refractivity contribution >= 4 is 28.3 Å². The highest BCUT2D eigenvalue weighted by Crippen LogP contribution is 2.35. The molecule has 2 N–H and O–H groups in total. The number of aromatic amines is 1. The summed E-state index contributed by atoms with van der Waals surface area (Å²) in [6, 6.07) is 14.6. The lowest BCUT2D eigenvalue weighted by molar-refractivity contribution is -0.116. The van der Waals surface area contributed by atoms with E-state index in [1.54, 1.807) is 30.5 Å². The molecule has 9 nitrogen and oxygen atoms in total. The van der Waals surface area contributed by atoms with Gasteiger partial charge in [-0.2, -0.15) is 5.21 Å². The molecule has 2 aromatic heterocycles. The summed E-state index contributed by atoms with van der Waals surface area (Å²) in [5.41, 5.74) is 2.20. The van der Waals surface area contributed by atoms with Gasteiger partial charge in [0.05, 0.1) is 0 Å². The van der Waals surface area contributed by atoms with Gasteiger partial charge in [-0.1, -0.05) is 28.4 Å². The van der Waals surface area contributed by atoms with Crippen LogP contribution in [0.4, 0.5) is 5.69 Å². The standard InChI is InChI=1S/C21H18N6O3/c28-19(22-14-7-9-15(10-8-14)30-21-23-25-26-24-21)12-27-11-17(20(29)13-5-6-13)16-3-1-2-4-18(16)27/h1-4,7-11,13H,5-6,12H2,(H,22,28)(H,23,24,25,26). The highest BCUT2D eigenvalue weighted by molar-refractivity contribution is 6.10. The molecule has 1 fully saturated rings. The number of tetrazole rings is 1. The average molecular weight is 402 g/mol. The Morgan fingerprint density at radius 3 is 2.67 bits per heavy atom. The molecule has 2 heterocycles. The topological polar surface area (TPSA) is 115 Å². The smallest absolute Gasteiger partial charge is 0.361 e. The van der Waals surface area contributed by atoms with Gasteiger partial charge >= 0.3 is 6.01 Å². The van der Waals surface area contributed by atoms with Crippen molar-refractivity contribution in [3.05, 3.63) is 60.3 Å². The van der Waals surface area contributed by atoms with Crippen LogP contribution >= 0.6 is 0 Å². The molecule has 0 aliphatic heterocycles. The van der Waals surface area contributed by atoms with Crippen LogP contribution in [-0.2, 0) is 11.3 Å². The number of H-pyrrole nitrogens is 1. The van der Waals surface area contributed by atoms with Crippen LogP contribution < -0.4 is 10.1 Å². The molecule has 2 aromatic carbocycles. The largest absolute Gasteiger partial charge is 0.422 e. The SMILES string of the molecule is O=C(Cn1cc(C(=O)C2CC2)c2ccccc21)Nc1ccc(Oc2nn[nH]n2)cc1. The molecule has 0 atom stereocenters. The van der Waals surface area contributed by atoms with Crippen molar-refractivity contribution in [1.29, 1.82) is 0 Å². The van der Waals surface area contributed by atoms with E-state index in [0.717, 1.165) is 23.7 Å². The molecule has 0 unspecified atom stereocenters. The number of ketones is 1. The third-order valence-corrected chi connectivity index (χ3v) is 4.99. The Morgan fingerprint density at radius 1 is 1.13 bits per heavy atom. The second kappa shape index (κ2) is 7.43. The van der Waals surface area contributed by atoms with Crippen LogP contribution in [-0.4, -0.2) is 36.9 Å². The van der Waals surface area contributed by atoms with Gasteiger partial charge in [-0.15, -0.1) is 0 Å². The number of nitrogens with one attached hydrogen (secondary N) is 2. The number of hydrogen-bond donors (Lipinski definition) is 2. The van der Waals surface area contributed by atoms with E-state index < -0.39 is 0 Å². The molecule has 1 saturated carbocycles. The zero-order valence-corrected chi connectivity index (χ0v) is 15.9. The first-order chi connectivity index (χ1) is 14.7. The molecular weight excluding hydrogens is 384 g/mol. The first kappa shape index (κ1) is 18.0. The van der Waals surface area contributed by atoms with Crippen LogP contribution in [0.1, 0.15) is 23.2 Å². The zero-order valence-electron chi connectivity index (χ0n) is 15.9. The second-order valence-electron chi connectivity index (χ2n) is 7.20. The Balaban J connectivity index is 1.29. The summed E-state index contributed by atoms with van der Waals surface area (Å²) in [5.74, 6) is 0.635. The number of rotatable bonds is 7. The maximum atomic E-state index is 12.6. The van der Waals surface area contributed by atoms with Gasteiger partial charge in [-0.3, -0.25) is 9.59 Å². The van der Waals surface area contributed by atoms with Crippen LogP contribution in [0.15, 0.2) is 54.7 Å². The molecule has 150 valence electrons. The third kappa shape index (κ3) is 3.64. The summed E-state index contributed by atoms with van der Waals surface area (Å²) in [5, 5.41) is 16.9. The Kier molecular flexibility index (Phi) is 4.47. The molecule has 0 bridgehead atoms. The molecule has 1 amide bonds. The maximum absolute atomic E-state index is 12.6. The Morgan fingerprint density at radius 2 is 1.93 bits per heavy atom. The lowest BCUT2D eigenvalue weighted by Gasteiger charge is -2.08. The molecule has 4 aromatic rings. The number of anilines is 1. The van der Waals surface area contributed by atoms with E-state index >= 15 is 0 Å². The Labute approximate surface area is 171 Å². The van der Waals surface area contributed by atoms with E-state index in [4.69, 9.17) is 4.74 Å². The van der Waals surface area contributed by atoms with Gasteiger partial charge in [-0.25, -0.2) is 0 Å². The highest BCUT2D eigenvalue weighted by atomic mass is 16.5. The highest BCUT2D eigenvalue weighted by Gasteiger charge is 2.32. The first-order valence-corrected chi connectivity index (χ1v) is 9.61. The Hall–Kier alpha value is -4.01. The van der Waals surface area contributed by atoms with E-state index in [1.807, 2.05) is 28.8 Å². The van der Waals surface area contributed by atoms with Crippen molar-refractivity contribution in [1.82, 2.24) is 25.2 Å². The molecule has 5 rings (SSSR count). The molecule has 1 aliphatic carbocycles. The minimum Gasteiger partial charge on any atom is -0.422 e. The molecule has 0 spiro atoms. The molecule has 0 saturated heterocycles. The predicted molar refractivity (Wildman–Crippen MR) is 108 cm³/mol. The predicted octanol–water partition coefficient (Wildman–Crippen LogP) is 3.18. The van der Waals surface area contributed by atoms with Crippen LogP contribution in [0.3, 0.4) is 0 Å². The molecule has 0 radical (unpaired) electrons. The molecular formula is C21H18N6O3. The first-order valence-electron chi connectivity index (χ1n) is 9.61. The lowest BCUT2D eigenvalue weighted by Crippen LogP contribution is -2.18. The monoisotopic (exact) mass is 402 g/mol. The molecule has 1 aliphatic rings. The summed E-state index contributed by atoms with van der Waals surface area (Å²) in [7, 11) is 0. The van der Waals surface area contributed by atoms with Crippen molar-refractivity contribution in [2.75, 3.05) is 5.32 Å². The van der Waals surface area contributed by atoms with Crippen LogP contribution in [0.5, 0.6) is 11.8 Å². The van der Waals surface area contributed by atoms with E-state index in [0.29, 0.717) is 17.0 Å². The minimum atomic E-state index is -0.187. The van der Waals surface area contributed by atoms with Crippen molar-refractivity contribution in [2.45, 2.75) is 19.4 Å². The fourth-order valence-corrected chi connectivity index (χ4v) is 3.40. The van der Waals surface area contributed by atoms with Gasteiger partial charge < -0.3 is 14.6 Å². The van der Waals surface area contributed by atoms with E-state index in [-0.39, 0.29) is 30.2 Å². The number of fused-ring (bicyclic) bond motifs is 1. The number of aromatic nitrogens is 5. The average Bonchev–Trinajstić information content (AvgIpc) is 3.37. The van der Waals surface area contributed by atoms with Crippen molar-refractivity contribution in [3.63, 3.8) is 0 Å². The number of Topliss-reactive ketones (excluding diaryl/α,β-unsaturated/α-hetero) is 1. The number of benzene rings is 2. The second-order valence-corrected chi connectivity index (χ2v) is 7.20. The maximum Gasteiger partial charge on any atom is 0.361 e. The van der Waals surface area contributed by atoms with Crippen LogP contribution in [0.2, 0.25) is 0 Å². The number of amides is 1. The number of nitrogens with zero attached hydrogens (tertiary/aromatic N) is 4. The van der Waals surface area contributed by atoms with Gasteiger partial charge in [-0.05, 0) is 48.4 Å². The number of para-hydroxylation sites is 1. The van der Waals surface area contributed by atoms with Gasteiger partial charge in [0.2, 0.25) is 5.91 Å². The molecule has 30 heavy (non-hydrogen) atoms. The summed E-state index contributed by atoms with van der Waals surface area (Å²) in [6.07, 6.45) is 3.70. The fraction of sp³-hybridized carbons (Fsp3) is 0.190. The Bertz CT molecular complexity index is 1210. The number of carbonyl (C=O) groups is 2. The van der Waals surface area contributed by atoms with Crippen molar-refractivity contribution < 1.29 is 14.3 Å². The number of hydrogen-bond acceptors (Lipinski definition) is 6. The summed E-state index contributed by atoms with van der Waals surface area (Å²) >= 11 is 0. The third-order valence-electron chi connectivity index (χ3n) is 4.99. The summed E-state index contributed by atoms with van der Waals surface area (Å²) in [4.78, 5) is 25.2. The van der Waals surface area contributed by atoms with Gasteiger partial charge in [0.25, 0.3) is 0 Å². The van der Waals surface area contributed by atoms with E-state index in [1.165, 1.54) is 0 Å². The normalized spacial score (nSPS) is 13.3. The van der Waals surface area contributed by atoms with E-state index in [9.17, 15) is 9.59 Å². The minimum absolute atomic E-state index is 0.111.